The Morgan fingerprint density at radius 2 is 1.83 bits per heavy atom. The van der Waals surface area contributed by atoms with Crippen LogP contribution in [0.3, 0.4) is 0 Å². The van der Waals surface area contributed by atoms with Gasteiger partial charge in [-0.2, -0.15) is 0 Å². The summed E-state index contributed by atoms with van der Waals surface area (Å²) in [7, 11) is 1.73. The Bertz CT molecular complexity index is 550. The van der Waals surface area contributed by atoms with E-state index >= 15 is 0 Å². The largest absolute Gasteiger partial charge is 0.311 e. The molecule has 0 aromatic heterocycles. The Labute approximate surface area is 107 Å². The number of anilines is 1. The summed E-state index contributed by atoms with van der Waals surface area (Å²) in [5, 5.41) is 0. The number of rotatable bonds is 1. The molecule has 1 amide bonds. The molecule has 2 rings (SSSR count). The number of amides is 1. The van der Waals surface area contributed by atoms with Gasteiger partial charge in [-0.25, -0.2) is 0 Å². The molecule has 94 valence electrons. The number of hydrogen-bond donors (Lipinski definition) is 0. The van der Waals surface area contributed by atoms with Gasteiger partial charge in [0.1, 0.15) is 0 Å². The Kier molecular flexibility index (Phi) is 2.85. The van der Waals surface area contributed by atoms with Crippen molar-refractivity contribution in [3.8, 4) is 0 Å². The molecule has 1 aliphatic rings. The smallest absolute Gasteiger partial charge is 0.258 e. The molecule has 3 heteroatoms. The summed E-state index contributed by atoms with van der Waals surface area (Å²) in [4.78, 5) is 25.7. The van der Waals surface area contributed by atoms with Crippen molar-refractivity contribution in [1.29, 1.82) is 0 Å². The average molecular weight is 243 g/mol. The molecule has 1 aliphatic heterocycles. The van der Waals surface area contributed by atoms with Crippen LogP contribution in [0.15, 0.2) is 30.3 Å². The van der Waals surface area contributed by atoms with Gasteiger partial charge in [0.2, 0.25) is 0 Å². The summed E-state index contributed by atoms with van der Waals surface area (Å²) in [5.41, 5.74) is 1.72. The molecule has 0 unspecified atom stereocenters. The van der Waals surface area contributed by atoms with Crippen LogP contribution in [0.2, 0.25) is 0 Å². The van der Waals surface area contributed by atoms with Crippen molar-refractivity contribution in [3.05, 3.63) is 35.9 Å². The van der Waals surface area contributed by atoms with Crippen LogP contribution in [-0.2, 0) is 9.59 Å². The zero-order valence-corrected chi connectivity index (χ0v) is 11.2. The van der Waals surface area contributed by atoms with Crippen LogP contribution in [0.5, 0.6) is 0 Å². The molecule has 3 nitrogen and oxygen atoms in total. The number of para-hydroxylation sites is 1. The van der Waals surface area contributed by atoms with E-state index in [1.165, 1.54) is 6.08 Å². The van der Waals surface area contributed by atoms with Crippen LogP contribution < -0.4 is 4.90 Å². The number of benzene rings is 1. The van der Waals surface area contributed by atoms with Crippen molar-refractivity contribution in [3.63, 3.8) is 0 Å². The van der Waals surface area contributed by atoms with Crippen LogP contribution in [0.1, 0.15) is 26.3 Å². The van der Waals surface area contributed by atoms with Gasteiger partial charge in [0, 0.05) is 18.0 Å². The molecular weight excluding hydrogens is 226 g/mol. The Morgan fingerprint density at radius 1 is 1.22 bits per heavy atom. The van der Waals surface area contributed by atoms with Crippen molar-refractivity contribution >= 4 is 23.0 Å². The fourth-order valence-electron chi connectivity index (χ4n) is 1.89. The molecule has 18 heavy (non-hydrogen) atoms. The second kappa shape index (κ2) is 4.09. The molecule has 1 aromatic rings. The summed E-state index contributed by atoms with van der Waals surface area (Å²) in [6.45, 7) is 5.55. The van der Waals surface area contributed by atoms with Gasteiger partial charge in [-0.3, -0.25) is 9.59 Å². The van der Waals surface area contributed by atoms with E-state index in [1.54, 1.807) is 11.9 Å². The third-order valence-electron chi connectivity index (χ3n) is 3.11. The molecule has 0 bridgehead atoms. The highest BCUT2D eigenvalue weighted by molar-refractivity contribution is 6.34. The highest BCUT2D eigenvalue weighted by Gasteiger charge is 2.31. The zero-order chi connectivity index (χ0) is 13.5. The predicted octanol–water partition coefficient (Wildman–Crippen LogP) is 2.66. The quantitative estimate of drug-likeness (QED) is 0.711. The summed E-state index contributed by atoms with van der Waals surface area (Å²) in [6.07, 6.45) is 1.48. The molecule has 0 aliphatic carbocycles. The third kappa shape index (κ3) is 1.96. The van der Waals surface area contributed by atoms with Gasteiger partial charge >= 0.3 is 0 Å². The fraction of sp³-hybridized carbons (Fsp3) is 0.333. The van der Waals surface area contributed by atoms with Crippen LogP contribution in [-0.4, -0.2) is 18.7 Å². The van der Waals surface area contributed by atoms with Gasteiger partial charge in [-0.05, 0) is 12.1 Å². The van der Waals surface area contributed by atoms with Crippen molar-refractivity contribution < 1.29 is 9.59 Å². The highest BCUT2D eigenvalue weighted by Crippen LogP contribution is 2.35. The lowest BCUT2D eigenvalue weighted by Gasteiger charge is -2.13. The molecule has 0 spiro atoms. The molecule has 0 fully saturated rings. The first-order chi connectivity index (χ1) is 8.32. The average Bonchev–Trinajstić information content (AvgIpc) is 2.54. The number of allylic oxidation sites excluding steroid dienone is 1. The molecule has 0 saturated heterocycles. The van der Waals surface area contributed by atoms with E-state index in [4.69, 9.17) is 0 Å². The van der Waals surface area contributed by atoms with Crippen molar-refractivity contribution in [1.82, 2.24) is 0 Å². The molecule has 0 saturated carbocycles. The first-order valence-corrected chi connectivity index (χ1v) is 5.96. The summed E-state index contributed by atoms with van der Waals surface area (Å²) >= 11 is 0. The van der Waals surface area contributed by atoms with Crippen LogP contribution in [0.25, 0.3) is 5.57 Å². The normalized spacial score (nSPS) is 17.2. The highest BCUT2D eigenvalue weighted by atomic mass is 16.2. The van der Waals surface area contributed by atoms with Gasteiger partial charge in [0.15, 0.2) is 5.78 Å². The molecule has 1 aromatic carbocycles. The number of ketones is 1. The minimum Gasteiger partial charge on any atom is -0.311 e. The molecule has 0 radical (unpaired) electrons. The minimum atomic E-state index is -0.469. The van der Waals surface area contributed by atoms with Gasteiger partial charge in [-0.15, -0.1) is 0 Å². The van der Waals surface area contributed by atoms with E-state index in [9.17, 15) is 9.59 Å². The Hall–Kier alpha value is -1.90. The predicted molar refractivity (Wildman–Crippen MR) is 72.3 cm³/mol. The van der Waals surface area contributed by atoms with E-state index in [1.807, 2.05) is 45.0 Å². The van der Waals surface area contributed by atoms with Crippen LogP contribution in [0, 0.1) is 5.41 Å². The van der Waals surface area contributed by atoms with Crippen LogP contribution >= 0.6 is 0 Å². The summed E-state index contributed by atoms with van der Waals surface area (Å²) in [5.74, 6) is -0.148. The van der Waals surface area contributed by atoms with Crippen molar-refractivity contribution in [2.75, 3.05) is 11.9 Å². The summed E-state index contributed by atoms with van der Waals surface area (Å²) in [6, 6.07) is 7.52. The van der Waals surface area contributed by atoms with Gasteiger partial charge in [-0.1, -0.05) is 39.0 Å². The molecule has 1 heterocycles. The monoisotopic (exact) mass is 243 g/mol. The lowest BCUT2D eigenvalue weighted by atomic mass is 9.89. The third-order valence-corrected chi connectivity index (χ3v) is 3.11. The van der Waals surface area contributed by atoms with Gasteiger partial charge in [0.25, 0.3) is 5.91 Å². The van der Waals surface area contributed by atoms with E-state index in [-0.39, 0.29) is 11.7 Å². The van der Waals surface area contributed by atoms with Crippen molar-refractivity contribution in [2.45, 2.75) is 20.8 Å². The fourth-order valence-corrected chi connectivity index (χ4v) is 1.89. The van der Waals surface area contributed by atoms with Gasteiger partial charge < -0.3 is 4.90 Å². The number of carbonyl (C=O) groups excluding carboxylic acids is 2. The maximum absolute atomic E-state index is 12.1. The van der Waals surface area contributed by atoms with Gasteiger partial charge in [0.05, 0.1) is 11.3 Å². The number of likely N-dealkylation sites (N-methyl/N-ethyl adjacent to an activating group) is 1. The molecule has 0 atom stereocenters. The topological polar surface area (TPSA) is 37.4 Å². The number of nitrogens with zero attached hydrogens (tertiary/aromatic N) is 1. The SMILES string of the molecule is CN1C(=O)/C(=C\C(=O)C(C)(C)C)c2ccccc21. The second-order valence-corrected chi connectivity index (χ2v) is 5.55. The Balaban J connectivity index is 2.50. The first-order valence-electron chi connectivity index (χ1n) is 5.96. The van der Waals surface area contributed by atoms with E-state index in [0.29, 0.717) is 5.57 Å². The lowest BCUT2D eigenvalue weighted by molar-refractivity contribution is -0.121. The standard InChI is InChI=1S/C15H17NO2/c1-15(2,3)13(17)9-11-10-7-5-6-8-12(10)16(4)14(11)18/h5-9H,1-4H3/b11-9-. The summed E-state index contributed by atoms with van der Waals surface area (Å²) < 4.78 is 0. The minimum absolute atomic E-state index is 0.0315. The van der Waals surface area contributed by atoms with Crippen LogP contribution in [0.4, 0.5) is 5.69 Å². The maximum Gasteiger partial charge on any atom is 0.258 e. The molecule has 0 N–H and O–H groups in total. The lowest BCUT2D eigenvalue weighted by Crippen LogP contribution is -2.22. The number of carbonyl (C=O) groups is 2. The second-order valence-electron chi connectivity index (χ2n) is 5.55. The molecular formula is C15H17NO2. The zero-order valence-electron chi connectivity index (χ0n) is 11.2. The van der Waals surface area contributed by atoms with E-state index < -0.39 is 5.41 Å². The van der Waals surface area contributed by atoms with E-state index in [0.717, 1.165) is 11.3 Å². The van der Waals surface area contributed by atoms with E-state index in [2.05, 4.69) is 0 Å². The number of fused-ring (bicyclic) bond motifs is 1. The Morgan fingerprint density at radius 3 is 2.44 bits per heavy atom. The van der Waals surface area contributed by atoms with Crippen molar-refractivity contribution in [2.24, 2.45) is 5.41 Å². The first kappa shape index (κ1) is 12.6. The maximum atomic E-state index is 12.1. The number of hydrogen-bond acceptors (Lipinski definition) is 2.